The summed E-state index contributed by atoms with van der Waals surface area (Å²) in [5.41, 5.74) is 1.60. The number of anilines is 3. The molecule has 3 saturated heterocycles. The molecular weight excluding hydrogens is 426 g/mol. The number of ether oxygens (including phenoxy) is 1. The van der Waals surface area contributed by atoms with Gasteiger partial charge in [0.25, 0.3) is 5.92 Å². The van der Waals surface area contributed by atoms with Crippen LogP contribution in [-0.2, 0) is 4.74 Å². The topological polar surface area (TPSA) is 77.3 Å². The first-order valence-corrected chi connectivity index (χ1v) is 11.6. The number of rotatable bonds is 5. The standard InChI is InChI=1S/C24H28F2N6O/c25-24(26)5-1-7-32(16-24)23-12-19(18-3-8-31(9-4-18)20-14-33-15-20)11-22(30-23)29-21-10-17(13-27)2-6-28-21/h2,6,10-12,18,20H,1,3-5,7-9,14-16H2,(H,28,29,30). The molecule has 7 nitrogen and oxygen atoms in total. The Balaban J connectivity index is 1.40. The Labute approximate surface area is 192 Å². The normalized spacial score (nSPS) is 21.9. The highest BCUT2D eigenvalue weighted by Gasteiger charge is 2.36. The van der Waals surface area contributed by atoms with E-state index in [0.717, 1.165) is 44.7 Å². The Hall–Kier alpha value is -2.83. The van der Waals surface area contributed by atoms with Crippen LogP contribution in [0.2, 0.25) is 0 Å². The Morgan fingerprint density at radius 1 is 1.12 bits per heavy atom. The molecule has 0 bridgehead atoms. The molecule has 2 aromatic heterocycles. The van der Waals surface area contributed by atoms with Crippen molar-refractivity contribution in [3.05, 3.63) is 41.6 Å². The van der Waals surface area contributed by atoms with Crippen molar-refractivity contribution in [3.63, 3.8) is 0 Å². The van der Waals surface area contributed by atoms with Gasteiger partial charge in [-0.2, -0.15) is 5.26 Å². The molecule has 3 fully saturated rings. The van der Waals surface area contributed by atoms with E-state index in [0.29, 0.717) is 47.9 Å². The zero-order chi connectivity index (χ0) is 22.8. The van der Waals surface area contributed by atoms with E-state index in [1.165, 1.54) is 0 Å². The predicted molar refractivity (Wildman–Crippen MR) is 121 cm³/mol. The van der Waals surface area contributed by atoms with E-state index >= 15 is 0 Å². The molecule has 5 rings (SSSR count). The molecule has 2 aromatic rings. The van der Waals surface area contributed by atoms with Crippen molar-refractivity contribution in [1.29, 1.82) is 5.26 Å². The van der Waals surface area contributed by atoms with Gasteiger partial charge in [0.1, 0.15) is 17.5 Å². The quantitative estimate of drug-likeness (QED) is 0.734. The van der Waals surface area contributed by atoms with Crippen molar-refractivity contribution in [2.45, 2.75) is 43.6 Å². The highest BCUT2D eigenvalue weighted by Crippen LogP contribution is 2.35. The van der Waals surface area contributed by atoms with Crippen molar-refractivity contribution in [3.8, 4) is 6.07 Å². The largest absolute Gasteiger partial charge is 0.378 e. The number of nitriles is 1. The van der Waals surface area contributed by atoms with Crippen LogP contribution in [0.4, 0.5) is 26.2 Å². The summed E-state index contributed by atoms with van der Waals surface area (Å²) in [6, 6.07) is 9.91. The van der Waals surface area contributed by atoms with E-state index in [2.05, 4.69) is 26.3 Å². The van der Waals surface area contributed by atoms with Gasteiger partial charge in [-0.25, -0.2) is 18.7 Å². The SMILES string of the molecule is N#Cc1ccnc(Nc2cc(C3CCN(C4COC4)CC3)cc(N3CCCC(F)(F)C3)n2)c1. The Kier molecular flexibility index (Phi) is 6.13. The van der Waals surface area contributed by atoms with Crippen molar-refractivity contribution >= 4 is 17.5 Å². The molecule has 3 aliphatic rings. The summed E-state index contributed by atoms with van der Waals surface area (Å²) in [4.78, 5) is 13.1. The maximum Gasteiger partial charge on any atom is 0.265 e. The molecule has 0 spiro atoms. The molecular formula is C24H28F2N6O. The molecule has 0 radical (unpaired) electrons. The zero-order valence-electron chi connectivity index (χ0n) is 18.5. The second-order valence-corrected chi connectivity index (χ2v) is 9.19. The van der Waals surface area contributed by atoms with Crippen LogP contribution in [0.25, 0.3) is 0 Å². The molecule has 0 amide bonds. The van der Waals surface area contributed by atoms with Gasteiger partial charge in [-0.05, 0) is 68.1 Å². The average molecular weight is 455 g/mol. The highest BCUT2D eigenvalue weighted by molar-refractivity contribution is 5.59. The number of likely N-dealkylation sites (tertiary alicyclic amines) is 1. The molecule has 0 aromatic carbocycles. The van der Waals surface area contributed by atoms with E-state index in [9.17, 15) is 14.0 Å². The van der Waals surface area contributed by atoms with E-state index in [1.807, 2.05) is 12.1 Å². The van der Waals surface area contributed by atoms with Gasteiger partial charge in [0.2, 0.25) is 0 Å². The Morgan fingerprint density at radius 3 is 2.64 bits per heavy atom. The Bertz CT molecular complexity index is 1030. The number of pyridine rings is 2. The van der Waals surface area contributed by atoms with Crippen LogP contribution in [0, 0.1) is 11.3 Å². The van der Waals surface area contributed by atoms with Crippen LogP contribution in [0.3, 0.4) is 0 Å². The van der Waals surface area contributed by atoms with Crippen molar-refractivity contribution in [2.75, 3.05) is 49.6 Å². The van der Waals surface area contributed by atoms with E-state index in [-0.39, 0.29) is 13.0 Å². The monoisotopic (exact) mass is 454 g/mol. The van der Waals surface area contributed by atoms with Crippen molar-refractivity contribution < 1.29 is 13.5 Å². The summed E-state index contributed by atoms with van der Waals surface area (Å²) in [5, 5.41) is 12.4. The third-order valence-electron chi connectivity index (χ3n) is 6.83. The van der Waals surface area contributed by atoms with Gasteiger partial charge in [-0.15, -0.1) is 0 Å². The molecule has 1 N–H and O–H groups in total. The molecule has 3 aliphatic heterocycles. The van der Waals surface area contributed by atoms with Gasteiger partial charge in [0.15, 0.2) is 0 Å². The van der Waals surface area contributed by atoms with Gasteiger partial charge >= 0.3 is 0 Å². The van der Waals surface area contributed by atoms with Crippen molar-refractivity contribution in [2.24, 2.45) is 0 Å². The molecule has 33 heavy (non-hydrogen) atoms. The minimum Gasteiger partial charge on any atom is -0.378 e. The minimum absolute atomic E-state index is 0.0808. The smallest absolute Gasteiger partial charge is 0.265 e. The number of alkyl halides is 2. The minimum atomic E-state index is -2.71. The van der Waals surface area contributed by atoms with Gasteiger partial charge < -0.3 is 15.0 Å². The fourth-order valence-corrected chi connectivity index (χ4v) is 4.89. The predicted octanol–water partition coefficient (Wildman–Crippen LogP) is 3.91. The second-order valence-electron chi connectivity index (χ2n) is 9.19. The number of hydrogen-bond donors (Lipinski definition) is 1. The zero-order valence-corrected chi connectivity index (χ0v) is 18.5. The summed E-state index contributed by atoms with van der Waals surface area (Å²) in [6.07, 6.45) is 3.95. The summed E-state index contributed by atoms with van der Waals surface area (Å²) in [5.74, 6) is -0.723. The maximum absolute atomic E-state index is 14.1. The van der Waals surface area contributed by atoms with Crippen LogP contribution in [0.5, 0.6) is 0 Å². The van der Waals surface area contributed by atoms with Gasteiger partial charge in [0, 0.05) is 19.2 Å². The maximum atomic E-state index is 14.1. The fraction of sp³-hybridized carbons (Fsp3) is 0.542. The molecule has 0 saturated carbocycles. The van der Waals surface area contributed by atoms with Crippen LogP contribution < -0.4 is 10.2 Å². The van der Waals surface area contributed by atoms with Crippen LogP contribution in [0.1, 0.15) is 42.7 Å². The van der Waals surface area contributed by atoms with Gasteiger partial charge in [-0.1, -0.05) is 0 Å². The molecule has 9 heteroatoms. The first kappa shape index (κ1) is 22.0. The third-order valence-corrected chi connectivity index (χ3v) is 6.83. The lowest BCUT2D eigenvalue weighted by atomic mass is 9.89. The number of aromatic nitrogens is 2. The molecule has 174 valence electrons. The van der Waals surface area contributed by atoms with Crippen LogP contribution >= 0.6 is 0 Å². The Morgan fingerprint density at radius 2 is 1.94 bits per heavy atom. The molecule has 0 aliphatic carbocycles. The number of piperidine rings is 2. The lowest BCUT2D eigenvalue weighted by Crippen LogP contribution is -2.51. The first-order chi connectivity index (χ1) is 16.0. The summed E-state index contributed by atoms with van der Waals surface area (Å²) in [6.45, 7) is 3.89. The third kappa shape index (κ3) is 5.07. The number of nitrogens with zero attached hydrogens (tertiary/aromatic N) is 5. The lowest BCUT2D eigenvalue weighted by molar-refractivity contribution is -0.0712. The number of hydrogen-bond acceptors (Lipinski definition) is 7. The van der Waals surface area contributed by atoms with E-state index in [4.69, 9.17) is 4.74 Å². The van der Waals surface area contributed by atoms with Crippen LogP contribution in [0.15, 0.2) is 30.5 Å². The van der Waals surface area contributed by atoms with E-state index in [1.54, 1.807) is 23.2 Å². The molecule has 5 heterocycles. The second kappa shape index (κ2) is 9.20. The average Bonchev–Trinajstić information content (AvgIpc) is 2.78. The number of halogens is 2. The molecule has 0 unspecified atom stereocenters. The van der Waals surface area contributed by atoms with Gasteiger partial charge in [0.05, 0.1) is 37.4 Å². The first-order valence-electron chi connectivity index (χ1n) is 11.6. The van der Waals surface area contributed by atoms with E-state index < -0.39 is 5.92 Å². The fourth-order valence-electron chi connectivity index (χ4n) is 4.89. The summed E-state index contributed by atoms with van der Waals surface area (Å²) < 4.78 is 33.6. The highest BCUT2D eigenvalue weighted by atomic mass is 19.3. The summed E-state index contributed by atoms with van der Waals surface area (Å²) >= 11 is 0. The number of nitrogens with one attached hydrogen (secondary N) is 1. The molecule has 0 atom stereocenters. The van der Waals surface area contributed by atoms with Gasteiger partial charge in [-0.3, -0.25) is 4.90 Å². The lowest BCUT2D eigenvalue weighted by Gasteiger charge is -2.41. The van der Waals surface area contributed by atoms with Crippen LogP contribution in [-0.4, -0.2) is 66.2 Å². The summed E-state index contributed by atoms with van der Waals surface area (Å²) in [7, 11) is 0. The van der Waals surface area contributed by atoms with Crippen molar-refractivity contribution in [1.82, 2.24) is 14.9 Å².